The molecule has 0 saturated carbocycles. The second-order valence-electron chi connectivity index (χ2n) is 7.52. The Morgan fingerprint density at radius 1 is 1.03 bits per heavy atom. The summed E-state index contributed by atoms with van der Waals surface area (Å²) >= 11 is 0. The number of nitrogens with two attached hydrogens (primary N) is 1. The minimum Gasteiger partial charge on any atom is -0.363 e. The van der Waals surface area contributed by atoms with Gasteiger partial charge in [-0.25, -0.2) is 4.98 Å². The van der Waals surface area contributed by atoms with Crippen LogP contribution in [0.4, 0.5) is 19.0 Å². The van der Waals surface area contributed by atoms with Crippen LogP contribution in [0.1, 0.15) is 22.7 Å². The fraction of sp³-hybridized carbons (Fsp3) is 0.250. The first-order valence-electron chi connectivity index (χ1n) is 10.2. The van der Waals surface area contributed by atoms with E-state index in [1.165, 1.54) is 12.1 Å². The summed E-state index contributed by atoms with van der Waals surface area (Å²) in [5, 5.41) is 11.4. The molecule has 2 atom stereocenters. The van der Waals surface area contributed by atoms with Gasteiger partial charge in [-0.05, 0) is 23.4 Å². The van der Waals surface area contributed by atoms with Crippen molar-refractivity contribution in [1.82, 2.24) is 4.98 Å². The molecule has 0 radical (unpaired) electrons. The zero-order valence-electron chi connectivity index (χ0n) is 17.5. The first kappa shape index (κ1) is 23.9. The van der Waals surface area contributed by atoms with E-state index in [1.54, 1.807) is 12.1 Å². The molecule has 0 amide bonds. The third-order valence-electron chi connectivity index (χ3n) is 5.03. The normalized spacial score (nSPS) is 12.4. The van der Waals surface area contributed by atoms with E-state index in [0.29, 0.717) is 24.1 Å². The van der Waals surface area contributed by atoms with Crippen molar-refractivity contribution in [3.8, 4) is 11.3 Å². The molecule has 3 rings (SSSR count). The van der Waals surface area contributed by atoms with E-state index in [2.05, 4.69) is 14.6 Å². The Labute approximate surface area is 188 Å². The van der Waals surface area contributed by atoms with Gasteiger partial charge in [-0.3, -0.25) is 0 Å². The summed E-state index contributed by atoms with van der Waals surface area (Å²) < 4.78 is 38.0. The maximum Gasteiger partial charge on any atom is 0.393 e. The molecule has 0 spiro atoms. The summed E-state index contributed by atoms with van der Waals surface area (Å²) in [5.41, 5.74) is 9.70. The Morgan fingerprint density at radius 2 is 1.72 bits per heavy atom. The van der Waals surface area contributed by atoms with Gasteiger partial charge in [0.2, 0.25) is 0 Å². The van der Waals surface area contributed by atoms with Gasteiger partial charge in [-0.2, -0.15) is 13.2 Å². The quantitative estimate of drug-likeness (QED) is 0.297. The van der Waals surface area contributed by atoms with Crippen molar-refractivity contribution in [2.45, 2.75) is 25.1 Å². The van der Waals surface area contributed by atoms with Gasteiger partial charge in [-0.1, -0.05) is 60.7 Å². The predicted octanol–water partition coefficient (Wildman–Crippen LogP) is 5.40. The molecule has 1 heterocycles. The number of anilines is 1. The molecule has 2 aromatic carbocycles. The van der Waals surface area contributed by atoms with E-state index in [-0.39, 0.29) is 18.2 Å². The number of nitrogens with one attached hydrogen (secondary N) is 2. The van der Waals surface area contributed by atoms with Crippen LogP contribution in [0.2, 0.25) is 0 Å². The van der Waals surface area contributed by atoms with Crippen molar-refractivity contribution in [2.24, 2.45) is 5.73 Å². The van der Waals surface area contributed by atoms with Gasteiger partial charge in [-0.15, -0.1) is 9.24 Å². The van der Waals surface area contributed by atoms with Crippen LogP contribution < -0.4 is 11.1 Å². The van der Waals surface area contributed by atoms with Gasteiger partial charge < -0.3 is 16.5 Å². The summed E-state index contributed by atoms with van der Waals surface area (Å²) in [6, 6.07) is 19.9. The van der Waals surface area contributed by atoms with E-state index in [4.69, 9.17) is 16.1 Å². The van der Waals surface area contributed by atoms with Crippen molar-refractivity contribution in [1.29, 1.82) is 5.41 Å². The SMILES string of the molecule is N=C(CN)Cc1ccc(-c2ccccc2)nc1NC(CP)c1ccc(CC(F)(F)F)cc1. The Kier molecular flexibility index (Phi) is 7.99. The van der Waals surface area contributed by atoms with E-state index in [1.807, 2.05) is 42.5 Å². The van der Waals surface area contributed by atoms with Gasteiger partial charge in [0.25, 0.3) is 0 Å². The smallest absolute Gasteiger partial charge is 0.363 e. The highest BCUT2D eigenvalue weighted by molar-refractivity contribution is 7.16. The molecule has 32 heavy (non-hydrogen) atoms. The highest BCUT2D eigenvalue weighted by Gasteiger charge is 2.27. The largest absolute Gasteiger partial charge is 0.393 e. The summed E-state index contributed by atoms with van der Waals surface area (Å²) in [6.07, 6.45) is -4.18. The lowest BCUT2D eigenvalue weighted by molar-refractivity contribution is -0.127. The summed E-state index contributed by atoms with van der Waals surface area (Å²) in [6.45, 7) is 0.160. The highest BCUT2D eigenvalue weighted by Crippen LogP contribution is 2.28. The number of pyridine rings is 1. The van der Waals surface area contributed by atoms with Crippen molar-refractivity contribution < 1.29 is 13.2 Å². The van der Waals surface area contributed by atoms with Crippen LogP contribution in [0.15, 0.2) is 66.7 Å². The maximum absolute atomic E-state index is 12.7. The first-order valence-corrected chi connectivity index (χ1v) is 11.0. The lowest BCUT2D eigenvalue weighted by Gasteiger charge is -2.21. The second kappa shape index (κ2) is 10.7. The molecule has 0 aliphatic carbocycles. The minimum absolute atomic E-state index is 0.160. The average molecular weight is 458 g/mol. The fourth-order valence-corrected chi connectivity index (χ4v) is 3.76. The minimum atomic E-state index is -4.23. The maximum atomic E-state index is 12.7. The Bertz CT molecular complexity index is 1040. The van der Waals surface area contributed by atoms with Crippen molar-refractivity contribution >= 4 is 20.8 Å². The molecule has 0 bridgehead atoms. The highest BCUT2D eigenvalue weighted by atomic mass is 31.0. The van der Waals surface area contributed by atoms with Gasteiger partial charge >= 0.3 is 6.18 Å². The van der Waals surface area contributed by atoms with Gasteiger partial charge in [0.15, 0.2) is 0 Å². The van der Waals surface area contributed by atoms with Gasteiger partial charge in [0.05, 0.1) is 18.2 Å². The summed E-state index contributed by atoms with van der Waals surface area (Å²) in [7, 11) is 2.67. The van der Waals surface area contributed by atoms with E-state index in [9.17, 15) is 13.2 Å². The van der Waals surface area contributed by atoms with Gasteiger partial charge in [0.1, 0.15) is 5.82 Å². The molecule has 168 valence electrons. The molecular formula is C24H26F3N4P. The number of aromatic nitrogens is 1. The van der Waals surface area contributed by atoms with Crippen molar-refractivity contribution in [3.63, 3.8) is 0 Å². The van der Waals surface area contributed by atoms with Crippen LogP contribution in [-0.4, -0.2) is 29.6 Å². The number of nitrogens with zero attached hydrogens (tertiary/aromatic N) is 1. The molecule has 4 N–H and O–H groups in total. The van der Waals surface area contributed by atoms with E-state index >= 15 is 0 Å². The molecule has 0 saturated heterocycles. The van der Waals surface area contributed by atoms with Crippen molar-refractivity contribution in [2.75, 3.05) is 18.0 Å². The summed E-state index contributed by atoms with van der Waals surface area (Å²) in [4.78, 5) is 4.80. The fourth-order valence-electron chi connectivity index (χ4n) is 3.37. The van der Waals surface area contributed by atoms with Crippen molar-refractivity contribution in [3.05, 3.63) is 83.4 Å². The van der Waals surface area contributed by atoms with Crippen LogP contribution in [0, 0.1) is 5.41 Å². The Morgan fingerprint density at radius 3 is 2.31 bits per heavy atom. The number of alkyl halides is 3. The number of benzene rings is 2. The topological polar surface area (TPSA) is 74.8 Å². The molecule has 3 aromatic rings. The zero-order chi connectivity index (χ0) is 23.1. The Hall–Kier alpha value is -2.76. The predicted molar refractivity (Wildman–Crippen MR) is 127 cm³/mol. The second-order valence-corrected chi connectivity index (χ2v) is 7.99. The first-order chi connectivity index (χ1) is 15.3. The Balaban J connectivity index is 1.90. The number of halogens is 3. The molecular weight excluding hydrogens is 432 g/mol. The number of hydrogen-bond acceptors (Lipinski definition) is 4. The van der Waals surface area contributed by atoms with Crippen LogP contribution in [0.5, 0.6) is 0 Å². The number of hydrogen-bond donors (Lipinski definition) is 3. The van der Waals surface area contributed by atoms with Crippen LogP contribution in [0.3, 0.4) is 0 Å². The van der Waals surface area contributed by atoms with E-state index in [0.717, 1.165) is 22.4 Å². The lowest BCUT2D eigenvalue weighted by Crippen LogP contribution is -2.19. The van der Waals surface area contributed by atoms with E-state index < -0.39 is 12.6 Å². The molecule has 8 heteroatoms. The molecule has 0 aliphatic heterocycles. The number of rotatable bonds is 9. The summed E-state index contributed by atoms with van der Waals surface area (Å²) in [5.74, 6) is 0.636. The van der Waals surface area contributed by atoms with Crippen LogP contribution >= 0.6 is 9.24 Å². The average Bonchev–Trinajstić information content (AvgIpc) is 2.78. The van der Waals surface area contributed by atoms with Gasteiger partial charge in [0, 0.05) is 29.8 Å². The van der Waals surface area contributed by atoms with Crippen LogP contribution in [-0.2, 0) is 12.8 Å². The molecule has 1 aromatic heterocycles. The lowest BCUT2D eigenvalue weighted by atomic mass is 10.0. The third-order valence-corrected chi connectivity index (χ3v) is 5.50. The zero-order valence-corrected chi connectivity index (χ0v) is 18.6. The molecule has 0 fully saturated rings. The third kappa shape index (κ3) is 6.62. The molecule has 4 nitrogen and oxygen atoms in total. The standard InChI is InChI=1S/C24H26F3N4P/c25-24(26,27)13-16-6-8-18(9-7-16)22(15-32)31-23-19(12-20(29)14-28)10-11-21(30-23)17-4-2-1-3-5-17/h1-11,22,29H,12-15,28,32H2,(H,30,31). The molecule has 2 unspecified atom stereocenters. The monoisotopic (exact) mass is 458 g/mol. The molecule has 0 aliphatic rings. The van der Waals surface area contributed by atoms with Crippen LogP contribution in [0.25, 0.3) is 11.3 Å².